The highest BCUT2D eigenvalue weighted by Gasteiger charge is 2.56. The summed E-state index contributed by atoms with van der Waals surface area (Å²) in [5.41, 5.74) is 24.0. The summed E-state index contributed by atoms with van der Waals surface area (Å²) in [6.45, 7) is 4.77. The molecule has 2 heteroatoms. The second-order valence-corrected chi connectivity index (χ2v) is 19.9. The first kappa shape index (κ1) is 37.9. The fourth-order valence-electron chi connectivity index (χ4n) is 13.7. The minimum absolute atomic E-state index is 0.0679. The van der Waals surface area contributed by atoms with Crippen molar-refractivity contribution in [3.05, 3.63) is 222 Å². The zero-order valence-electron chi connectivity index (χ0n) is 37.4. The summed E-state index contributed by atoms with van der Waals surface area (Å²) in [4.78, 5) is 2.53. The molecular formula is C64H49NO. The Balaban J connectivity index is 0.950. The van der Waals surface area contributed by atoms with Gasteiger partial charge in [-0.15, -0.1) is 0 Å². The van der Waals surface area contributed by atoms with Gasteiger partial charge in [-0.25, -0.2) is 0 Å². The SMILES string of the molecule is CC1(C)c2ccccc2-c2cccc(-c3ccccc3-c3ccc(N(c4ccc5c(c4)C4(CC6CCC4C6)c4ccccc4-5)c4ccccc4-c4cccc5oc6ccccc6c45)cc3)c21. The van der Waals surface area contributed by atoms with Crippen LogP contribution in [0.4, 0.5) is 17.1 Å². The molecule has 9 aromatic carbocycles. The third-order valence-corrected chi connectivity index (χ3v) is 16.4. The summed E-state index contributed by atoms with van der Waals surface area (Å²) in [5.74, 6) is 1.48. The third-order valence-electron chi connectivity index (χ3n) is 16.4. The highest BCUT2D eigenvalue weighted by Crippen LogP contribution is 2.66. The van der Waals surface area contributed by atoms with Crippen LogP contribution in [0.25, 0.3) is 77.6 Å². The minimum atomic E-state index is -0.117. The van der Waals surface area contributed by atoms with Gasteiger partial charge >= 0.3 is 0 Å². The Hall–Kier alpha value is -7.42. The number of hydrogen-bond acceptors (Lipinski definition) is 2. The minimum Gasteiger partial charge on any atom is -0.456 e. The lowest BCUT2D eigenvalue weighted by Crippen LogP contribution is -2.32. The standard InChI is InChI=1S/C64H49NO/c1-63(2)55-24-9-5-18-48(55)53-23-13-22-52(62(53)63)46-16-4-3-15-45(46)41-30-33-43(34-31-41)65(58-26-11-7-19-50(58)51-21-14-28-60-61(51)54-20-8-12-27-59(54)66-60)44-35-36-49-47-17-6-10-25-56(47)64(57(49)38-44)39-40-29-32-42(64)37-40/h3-28,30-31,33-36,38,40,42H,29,32,37,39H2,1-2H3. The van der Waals surface area contributed by atoms with Gasteiger partial charge in [-0.3, -0.25) is 0 Å². The van der Waals surface area contributed by atoms with Gasteiger partial charge < -0.3 is 9.32 Å². The molecule has 4 aliphatic carbocycles. The molecule has 0 aliphatic heterocycles. The molecule has 2 bridgehead atoms. The molecular weight excluding hydrogens is 799 g/mol. The summed E-state index contributed by atoms with van der Waals surface area (Å²) in [5, 5.41) is 2.29. The molecule has 3 atom stereocenters. The molecule has 0 amide bonds. The zero-order valence-corrected chi connectivity index (χ0v) is 37.4. The van der Waals surface area contributed by atoms with E-state index in [1.807, 2.05) is 0 Å². The highest BCUT2D eigenvalue weighted by atomic mass is 16.3. The number of rotatable bonds is 6. The van der Waals surface area contributed by atoms with Crippen LogP contribution >= 0.6 is 0 Å². The maximum Gasteiger partial charge on any atom is 0.136 e. The van der Waals surface area contributed by atoms with E-state index in [1.165, 1.54) is 104 Å². The van der Waals surface area contributed by atoms with Gasteiger partial charge in [0.15, 0.2) is 0 Å². The van der Waals surface area contributed by atoms with Crippen molar-refractivity contribution in [3.63, 3.8) is 0 Å². The molecule has 0 N–H and O–H groups in total. The third kappa shape index (κ3) is 5.24. The number of nitrogens with zero attached hydrogens (tertiary/aromatic N) is 1. The average molecular weight is 848 g/mol. The monoisotopic (exact) mass is 847 g/mol. The van der Waals surface area contributed by atoms with Crippen molar-refractivity contribution in [1.82, 2.24) is 0 Å². The molecule has 1 spiro atoms. The maximum atomic E-state index is 6.48. The second-order valence-electron chi connectivity index (χ2n) is 19.9. The molecule has 2 saturated carbocycles. The maximum absolute atomic E-state index is 6.48. The summed E-state index contributed by atoms with van der Waals surface area (Å²) >= 11 is 0. The van der Waals surface area contributed by atoms with E-state index in [9.17, 15) is 0 Å². The van der Waals surface area contributed by atoms with E-state index in [4.69, 9.17) is 4.42 Å². The van der Waals surface area contributed by atoms with Gasteiger partial charge in [0.1, 0.15) is 11.2 Å². The Morgan fingerprint density at radius 3 is 1.83 bits per heavy atom. The largest absolute Gasteiger partial charge is 0.456 e. The lowest BCUT2D eigenvalue weighted by molar-refractivity contribution is 0.327. The zero-order chi connectivity index (χ0) is 43.7. The van der Waals surface area contributed by atoms with Gasteiger partial charge in [0, 0.05) is 38.5 Å². The number of fused-ring (bicyclic) bond motifs is 14. The van der Waals surface area contributed by atoms with E-state index < -0.39 is 0 Å². The van der Waals surface area contributed by atoms with E-state index in [1.54, 1.807) is 5.56 Å². The normalized spacial score (nSPS) is 19.3. The Bertz CT molecular complexity index is 3610. The predicted molar refractivity (Wildman–Crippen MR) is 274 cm³/mol. The van der Waals surface area contributed by atoms with Crippen LogP contribution in [-0.4, -0.2) is 0 Å². The number of anilines is 3. The molecule has 2 fully saturated rings. The van der Waals surface area contributed by atoms with Crippen molar-refractivity contribution >= 4 is 39.0 Å². The van der Waals surface area contributed by atoms with Gasteiger partial charge in [0.05, 0.1) is 5.69 Å². The van der Waals surface area contributed by atoms with Crippen LogP contribution in [0.5, 0.6) is 0 Å². The van der Waals surface area contributed by atoms with E-state index in [2.05, 4.69) is 219 Å². The highest BCUT2D eigenvalue weighted by molar-refractivity contribution is 6.14. The first-order valence-electron chi connectivity index (χ1n) is 23.9. The Labute approximate surface area is 386 Å². The van der Waals surface area contributed by atoms with Gasteiger partial charge in [-0.1, -0.05) is 178 Å². The smallest absolute Gasteiger partial charge is 0.136 e. The first-order chi connectivity index (χ1) is 32.5. The van der Waals surface area contributed by atoms with E-state index >= 15 is 0 Å². The van der Waals surface area contributed by atoms with Crippen molar-refractivity contribution in [2.24, 2.45) is 11.8 Å². The molecule has 1 heterocycles. The summed E-state index contributed by atoms with van der Waals surface area (Å²) in [7, 11) is 0. The molecule has 3 unspecified atom stereocenters. The van der Waals surface area contributed by atoms with Crippen LogP contribution in [0.3, 0.4) is 0 Å². The fraction of sp³-hybridized carbons (Fsp3) is 0.156. The van der Waals surface area contributed by atoms with Gasteiger partial charge in [0.2, 0.25) is 0 Å². The lowest BCUT2D eigenvalue weighted by Gasteiger charge is -2.37. The average Bonchev–Trinajstić information content (AvgIpc) is 4.19. The van der Waals surface area contributed by atoms with Crippen molar-refractivity contribution in [2.75, 3.05) is 4.90 Å². The van der Waals surface area contributed by atoms with Crippen molar-refractivity contribution < 1.29 is 4.42 Å². The van der Waals surface area contributed by atoms with E-state index in [-0.39, 0.29) is 10.8 Å². The summed E-state index contributed by atoms with van der Waals surface area (Å²) in [6, 6.07) is 74.9. The van der Waals surface area contributed by atoms with E-state index in [0.29, 0.717) is 5.92 Å². The molecule has 1 aromatic heterocycles. The number of para-hydroxylation sites is 2. The second kappa shape index (κ2) is 14.0. The molecule has 316 valence electrons. The Kier molecular flexibility index (Phi) is 8.06. The van der Waals surface area contributed by atoms with Crippen LogP contribution in [0.2, 0.25) is 0 Å². The van der Waals surface area contributed by atoms with Crippen LogP contribution in [0, 0.1) is 11.8 Å². The molecule has 10 aromatic rings. The van der Waals surface area contributed by atoms with Crippen molar-refractivity contribution in [1.29, 1.82) is 0 Å². The molecule has 0 radical (unpaired) electrons. The van der Waals surface area contributed by atoms with Crippen LogP contribution < -0.4 is 4.90 Å². The van der Waals surface area contributed by atoms with Gasteiger partial charge in [-0.2, -0.15) is 0 Å². The van der Waals surface area contributed by atoms with Crippen LogP contribution in [0.1, 0.15) is 61.8 Å². The molecule has 0 saturated heterocycles. The number of benzene rings is 9. The van der Waals surface area contributed by atoms with E-state index in [0.717, 1.165) is 39.2 Å². The molecule has 2 nitrogen and oxygen atoms in total. The quantitative estimate of drug-likeness (QED) is 0.166. The Morgan fingerprint density at radius 1 is 0.455 bits per heavy atom. The number of hydrogen-bond donors (Lipinski definition) is 0. The molecule has 4 aliphatic rings. The van der Waals surface area contributed by atoms with Gasteiger partial charge in [-0.05, 0) is 146 Å². The van der Waals surface area contributed by atoms with Crippen LogP contribution in [0.15, 0.2) is 205 Å². The van der Waals surface area contributed by atoms with Crippen molar-refractivity contribution in [3.8, 4) is 55.6 Å². The van der Waals surface area contributed by atoms with Gasteiger partial charge in [0.25, 0.3) is 0 Å². The fourth-order valence-corrected chi connectivity index (χ4v) is 13.7. The number of furan rings is 1. The topological polar surface area (TPSA) is 16.4 Å². The summed E-state index contributed by atoms with van der Waals surface area (Å²) < 4.78 is 6.48. The summed E-state index contributed by atoms with van der Waals surface area (Å²) in [6.07, 6.45) is 5.27. The lowest BCUT2D eigenvalue weighted by atomic mass is 9.67. The molecule has 14 rings (SSSR count). The predicted octanol–water partition coefficient (Wildman–Crippen LogP) is 17.4. The first-order valence-corrected chi connectivity index (χ1v) is 23.9. The molecule has 66 heavy (non-hydrogen) atoms. The van der Waals surface area contributed by atoms with Crippen LogP contribution in [-0.2, 0) is 10.8 Å². The Morgan fingerprint density at radius 2 is 1.05 bits per heavy atom. The van der Waals surface area contributed by atoms with Crippen molar-refractivity contribution in [2.45, 2.75) is 50.4 Å².